The van der Waals surface area contributed by atoms with E-state index < -0.39 is 0 Å². The smallest absolute Gasteiger partial charge is 0.00417 e. The Kier molecular flexibility index (Phi) is 20.5. The normalized spacial score (nSPS) is 17.6. The predicted octanol–water partition coefficient (Wildman–Crippen LogP) is 12.5. The van der Waals surface area contributed by atoms with Crippen LogP contribution in [-0.2, 0) is 0 Å². The Morgan fingerprint density at radius 1 is 0.795 bits per heavy atom. The van der Waals surface area contributed by atoms with Crippen LogP contribution in [0.3, 0.4) is 0 Å². The minimum absolute atomic E-state index is 0.307. The maximum Gasteiger partial charge on any atom is 0.00417 e. The minimum Gasteiger partial charge on any atom is -0.328 e. The van der Waals surface area contributed by atoms with Crippen LogP contribution in [0.1, 0.15) is 170 Å². The number of nitrogens with two attached hydrogens (primary N) is 1. The highest BCUT2D eigenvalue weighted by Crippen LogP contribution is 2.40. The molecular formula is C38H67N. The van der Waals surface area contributed by atoms with Gasteiger partial charge in [-0.05, 0) is 70.3 Å². The summed E-state index contributed by atoms with van der Waals surface area (Å²) in [4.78, 5) is 0. The third-order valence-corrected chi connectivity index (χ3v) is 8.71. The molecule has 0 aliphatic heterocycles. The van der Waals surface area contributed by atoms with Crippen molar-refractivity contribution in [3.8, 4) is 0 Å². The number of hydrogen-bond donors (Lipinski definition) is 1. The molecule has 1 rings (SSSR count). The third kappa shape index (κ3) is 18.6. The van der Waals surface area contributed by atoms with Crippen molar-refractivity contribution in [1.29, 1.82) is 0 Å². The summed E-state index contributed by atoms with van der Waals surface area (Å²) in [6.07, 6.45) is 40.7. The second kappa shape index (κ2) is 22.4. The highest BCUT2D eigenvalue weighted by molar-refractivity contribution is 5.37. The van der Waals surface area contributed by atoms with Crippen molar-refractivity contribution < 1.29 is 0 Å². The lowest BCUT2D eigenvalue weighted by molar-refractivity contribution is 0.377. The van der Waals surface area contributed by atoms with Crippen molar-refractivity contribution in [1.82, 2.24) is 0 Å². The van der Waals surface area contributed by atoms with Crippen LogP contribution in [0.5, 0.6) is 0 Å². The highest BCUT2D eigenvalue weighted by atomic mass is 14.6. The lowest BCUT2D eigenvalue weighted by Crippen LogP contribution is -2.19. The molecule has 1 atom stereocenters. The van der Waals surface area contributed by atoms with Gasteiger partial charge in [-0.2, -0.15) is 0 Å². The van der Waals surface area contributed by atoms with E-state index in [-0.39, 0.29) is 0 Å². The molecule has 2 N–H and O–H groups in total. The molecule has 0 amide bonds. The van der Waals surface area contributed by atoms with Gasteiger partial charge in [-0.15, -0.1) is 0 Å². The van der Waals surface area contributed by atoms with E-state index >= 15 is 0 Å². The van der Waals surface area contributed by atoms with Crippen molar-refractivity contribution in [2.45, 2.75) is 176 Å². The molecule has 0 heterocycles. The number of unbranched alkanes of at least 4 members (excludes halogenated alkanes) is 13. The van der Waals surface area contributed by atoms with Gasteiger partial charge in [0.1, 0.15) is 0 Å². The highest BCUT2D eigenvalue weighted by Gasteiger charge is 2.26. The van der Waals surface area contributed by atoms with E-state index in [1.54, 1.807) is 5.57 Å². The Balaban J connectivity index is 2.10. The molecule has 0 aromatic carbocycles. The Morgan fingerprint density at radius 3 is 1.92 bits per heavy atom. The molecule has 0 fully saturated rings. The molecule has 0 spiro atoms. The van der Waals surface area contributed by atoms with Crippen molar-refractivity contribution in [3.63, 3.8) is 0 Å². The van der Waals surface area contributed by atoms with Crippen LogP contribution in [0.2, 0.25) is 0 Å². The molecular weight excluding hydrogens is 470 g/mol. The van der Waals surface area contributed by atoms with E-state index in [1.807, 2.05) is 0 Å². The molecule has 0 radical (unpaired) electrons. The fourth-order valence-electron chi connectivity index (χ4n) is 5.97. The molecule has 1 aliphatic carbocycles. The van der Waals surface area contributed by atoms with Gasteiger partial charge < -0.3 is 5.73 Å². The first-order chi connectivity index (χ1) is 18.8. The van der Waals surface area contributed by atoms with Gasteiger partial charge in [-0.3, -0.25) is 0 Å². The van der Waals surface area contributed by atoms with Gasteiger partial charge in [0.2, 0.25) is 0 Å². The Hall–Kier alpha value is -1.34. The maximum atomic E-state index is 6.40. The van der Waals surface area contributed by atoms with Crippen LogP contribution in [0, 0.1) is 5.41 Å². The number of hydrogen-bond acceptors (Lipinski definition) is 1. The number of rotatable bonds is 22. The first-order valence-electron chi connectivity index (χ1n) is 16.9. The summed E-state index contributed by atoms with van der Waals surface area (Å²) >= 11 is 0. The fraction of sp³-hybridized carbons (Fsp3) is 0.737. The molecule has 39 heavy (non-hydrogen) atoms. The molecule has 0 saturated carbocycles. The monoisotopic (exact) mass is 538 g/mol. The van der Waals surface area contributed by atoms with Crippen LogP contribution < -0.4 is 5.73 Å². The number of allylic oxidation sites excluding steroid dienone is 10. The summed E-state index contributed by atoms with van der Waals surface area (Å²) in [5.41, 5.74) is 12.4. The van der Waals surface area contributed by atoms with Crippen molar-refractivity contribution >= 4 is 0 Å². The predicted molar refractivity (Wildman–Crippen MR) is 178 cm³/mol. The van der Waals surface area contributed by atoms with Crippen LogP contribution in [-0.4, -0.2) is 6.04 Å². The quantitative estimate of drug-likeness (QED) is 0.108. The molecule has 1 unspecified atom stereocenters. The summed E-state index contributed by atoms with van der Waals surface area (Å²) in [5.74, 6) is 0. The SMILES string of the molecule is CCCCCCCCCCCCCCCCC(N)CC/C=C(C)/C=C/C=C(C)/C=C/C1=C(C)CCCC1(C)C. The van der Waals surface area contributed by atoms with Crippen LogP contribution in [0.25, 0.3) is 0 Å². The van der Waals surface area contributed by atoms with Gasteiger partial charge in [0.05, 0.1) is 0 Å². The standard InChI is InChI=1S/C38H67N/c1-7-8-9-10-11-12-13-14-15-16-17-18-19-20-28-36(39)29-22-26-33(2)24-21-25-34(3)30-31-37-35(4)27-23-32-38(37,5)6/h21,24-26,30-31,36H,7-20,22-23,27-29,32,39H2,1-6H3/b24-21+,31-30+,33-26+,34-25+. The van der Waals surface area contributed by atoms with Crippen molar-refractivity contribution in [2.24, 2.45) is 11.1 Å². The second-order valence-electron chi connectivity index (χ2n) is 13.2. The average molecular weight is 538 g/mol. The van der Waals surface area contributed by atoms with E-state index in [1.165, 1.54) is 132 Å². The zero-order chi connectivity index (χ0) is 28.8. The van der Waals surface area contributed by atoms with E-state index in [0.717, 1.165) is 12.8 Å². The molecule has 0 bridgehead atoms. The summed E-state index contributed by atoms with van der Waals surface area (Å²) in [5, 5.41) is 0. The van der Waals surface area contributed by atoms with Crippen LogP contribution >= 0.6 is 0 Å². The Labute approximate surface area is 245 Å². The molecule has 224 valence electrons. The maximum absolute atomic E-state index is 6.40. The Bertz CT molecular complexity index is 773. The molecule has 0 saturated heterocycles. The molecule has 1 heteroatoms. The second-order valence-corrected chi connectivity index (χ2v) is 13.2. The van der Waals surface area contributed by atoms with Gasteiger partial charge in [0.15, 0.2) is 0 Å². The van der Waals surface area contributed by atoms with Crippen molar-refractivity contribution in [3.05, 3.63) is 58.7 Å². The van der Waals surface area contributed by atoms with Crippen LogP contribution in [0.15, 0.2) is 58.7 Å². The van der Waals surface area contributed by atoms with Gasteiger partial charge in [-0.1, -0.05) is 164 Å². The molecule has 0 aromatic rings. The molecule has 1 nitrogen and oxygen atoms in total. The lowest BCUT2D eigenvalue weighted by atomic mass is 9.72. The lowest BCUT2D eigenvalue weighted by Gasteiger charge is -2.32. The zero-order valence-electron chi connectivity index (χ0n) is 27.3. The van der Waals surface area contributed by atoms with Gasteiger partial charge in [-0.25, -0.2) is 0 Å². The van der Waals surface area contributed by atoms with E-state index in [0.29, 0.717) is 11.5 Å². The summed E-state index contributed by atoms with van der Waals surface area (Å²) < 4.78 is 0. The van der Waals surface area contributed by atoms with Crippen LogP contribution in [0.4, 0.5) is 0 Å². The third-order valence-electron chi connectivity index (χ3n) is 8.71. The Morgan fingerprint density at radius 2 is 1.36 bits per heavy atom. The summed E-state index contributed by atoms with van der Waals surface area (Å²) in [6.45, 7) is 13.8. The van der Waals surface area contributed by atoms with E-state index in [4.69, 9.17) is 5.73 Å². The topological polar surface area (TPSA) is 26.0 Å². The summed E-state index contributed by atoms with van der Waals surface area (Å²) in [7, 11) is 0. The van der Waals surface area contributed by atoms with Gasteiger partial charge in [0, 0.05) is 6.04 Å². The zero-order valence-corrected chi connectivity index (χ0v) is 27.3. The van der Waals surface area contributed by atoms with E-state index in [9.17, 15) is 0 Å². The average Bonchev–Trinajstić information content (AvgIpc) is 2.88. The van der Waals surface area contributed by atoms with Crippen molar-refractivity contribution in [2.75, 3.05) is 0 Å². The van der Waals surface area contributed by atoms with E-state index in [2.05, 4.69) is 78.0 Å². The largest absolute Gasteiger partial charge is 0.328 e. The first-order valence-corrected chi connectivity index (χ1v) is 16.9. The fourth-order valence-corrected chi connectivity index (χ4v) is 5.97. The van der Waals surface area contributed by atoms with Gasteiger partial charge >= 0.3 is 0 Å². The molecule has 0 aromatic heterocycles. The minimum atomic E-state index is 0.307. The molecule has 1 aliphatic rings. The first kappa shape index (κ1) is 35.7. The van der Waals surface area contributed by atoms with Gasteiger partial charge in [0.25, 0.3) is 0 Å². The summed E-state index contributed by atoms with van der Waals surface area (Å²) in [6, 6.07) is 0.351.